The number of aromatic nitrogens is 2. The van der Waals surface area contributed by atoms with Gasteiger partial charge in [0.05, 0.1) is 28.9 Å². The standard InChI is InChI=1S/C22H24N4O7S/c1-24(12-20(27)23-11-14-13-32-18-6-4-5-7-19(18)33-14)34(30,31)15-8-9-17-16(10-15)21(28)26(3)22(29)25(17)2/h4-10,14H,11-13H2,1-3H3,(H,23,27)/t14-/m1/s1. The molecule has 1 aromatic heterocycles. The highest BCUT2D eigenvalue weighted by molar-refractivity contribution is 7.89. The molecule has 1 aliphatic rings. The van der Waals surface area contributed by atoms with Crippen molar-refractivity contribution in [2.45, 2.75) is 11.0 Å². The van der Waals surface area contributed by atoms with Crippen molar-refractivity contribution >= 4 is 26.8 Å². The number of ether oxygens (including phenoxy) is 2. The number of nitrogens with one attached hydrogen (secondary N) is 1. The lowest BCUT2D eigenvalue weighted by atomic mass is 10.2. The van der Waals surface area contributed by atoms with Gasteiger partial charge in [-0.25, -0.2) is 13.2 Å². The molecule has 2 heterocycles. The zero-order chi connectivity index (χ0) is 24.6. The van der Waals surface area contributed by atoms with E-state index < -0.39 is 39.8 Å². The van der Waals surface area contributed by atoms with Gasteiger partial charge in [-0.05, 0) is 30.3 Å². The Kier molecular flexibility index (Phi) is 6.19. The van der Waals surface area contributed by atoms with Crippen molar-refractivity contribution in [1.29, 1.82) is 0 Å². The molecule has 0 aliphatic carbocycles. The van der Waals surface area contributed by atoms with Crippen LogP contribution in [0.4, 0.5) is 0 Å². The van der Waals surface area contributed by atoms with E-state index in [4.69, 9.17) is 9.47 Å². The van der Waals surface area contributed by atoms with Crippen LogP contribution in [0.25, 0.3) is 10.9 Å². The van der Waals surface area contributed by atoms with Gasteiger partial charge in [-0.1, -0.05) is 12.1 Å². The molecule has 0 saturated carbocycles. The molecule has 3 aromatic rings. The van der Waals surface area contributed by atoms with E-state index in [1.165, 1.54) is 43.9 Å². The Balaban J connectivity index is 1.45. The number of rotatable bonds is 6. The van der Waals surface area contributed by atoms with Crippen LogP contribution in [-0.2, 0) is 28.9 Å². The lowest BCUT2D eigenvalue weighted by molar-refractivity contribution is -0.121. The van der Waals surface area contributed by atoms with Gasteiger partial charge in [0.25, 0.3) is 5.56 Å². The molecular weight excluding hydrogens is 464 g/mol. The fourth-order valence-corrected chi connectivity index (χ4v) is 4.80. The number of aryl methyl sites for hydroxylation is 1. The summed E-state index contributed by atoms with van der Waals surface area (Å²) in [6.45, 7) is -0.0447. The minimum atomic E-state index is -4.08. The second-order valence-corrected chi connectivity index (χ2v) is 9.99. The number of benzene rings is 2. The van der Waals surface area contributed by atoms with Crippen LogP contribution < -0.4 is 26.0 Å². The number of carbonyl (C=O) groups is 1. The maximum absolute atomic E-state index is 13.0. The van der Waals surface area contributed by atoms with Crippen molar-refractivity contribution in [1.82, 2.24) is 18.8 Å². The van der Waals surface area contributed by atoms with Gasteiger partial charge in [0.2, 0.25) is 15.9 Å². The third-order valence-corrected chi connectivity index (χ3v) is 7.41. The number of carbonyl (C=O) groups excluding carboxylic acids is 1. The van der Waals surface area contributed by atoms with E-state index in [1.54, 1.807) is 12.1 Å². The zero-order valence-electron chi connectivity index (χ0n) is 18.8. The fourth-order valence-electron chi connectivity index (χ4n) is 3.65. The summed E-state index contributed by atoms with van der Waals surface area (Å²) in [4.78, 5) is 36.8. The van der Waals surface area contributed by atoms with E-state index in [9.17, 15) is 22.8 Å². The maximum Gasteiger partial charge on any atom is 0.330 e. The average molecular weight is 489 g/mol. The van der Waals surface area contributed by atoms with Crippen LogP contribution in [-0.4, -0.2) is 60.6 Å². The summed E-state index contributed by atoms with van der Waals surface area (Å²) in [7, 11) is 0.00731. The molecule has 34 heavy (non-hydrogen) atoms. The molecule has 0 spiro atoms. The highest BCUT2D eigenvalue weighted by atomic mass is 32.2. The molecule has 0 saturated heterocycles. The zero-order valence-corrected chi connectivity index (χ0v) is 19.7. The second kappa shape index (κ2) is 8.95. The summed E-state index contributed by atoms with van der Waals surface area (Å²) in [5, 5.41) is 2.74. The molecule has 0 radical (unpaired) electrons. The largest absolute Gasteiger partial charge is 0.486 e. The first kappa shape index (κ1) is 23.5. The van der Waals surface area contributed by atoms with Crippen LogP contribution in [0.15, 0.2) is 56.9 Å². The van der Waals surface area contributed by atoms with Crippen LogP contribution >= 0.6 is 0 Å². The summed E-state index contributed by atoms with van der Waals surface area (Å²) in [5.41, 5.74) is -0.812. The Morgan fingerprint density at radius 3 is 2.56 bits per heavy atom. The molecule has 180 valence electrons. The van der Waals surface area contributed by atoms with Crippen LogP contribution in [0, 0.1) is 0 Å². The molecule has 2 aromatic carbocycles. The van der Waals surface area contributed by atoms with Gasteiger partial charge in [-0.3, -0.25) is 18.7 Å². The van der Waals surface area contributed by atoms with Gasteiger partial charge in [0, 0.05) is 21.1 Å². The molecule has 0 unspecified atom stereocenters. The molecule has 1 aliphatic heterocycles. The Labute approximate surface area is 195 Å². The Morgan fingerprint density at radius 1 is 1.12 bits per heavy atom. The van der Waals surface area contributed by atoms with Crippen molar-refractivity contribution in [2.24, 2.45) is 14.1 Å². The van der Waals surface area contributed by atoms with E-state index in [2.05, 4.69) is 5.32 Å². The summed E-state index contributed by atoms with van der Waals surface area (Å²) in [6.07, 6.45) is -0.413. The topological polar surface area (TPSA) is 129 Å². The number of fused-ring (bicyclic) bond motifs is 2. The van der Waals surface area contributed by atoms with E-state index >= 15 is 0 Å². The Morgan fingerprint density at radius 2 is 1.82 bits per heavy atom. The lowest BCUT2D eigenvalue weighted by Crippen LogP contribution is -2.44. The SMILES string of the molecule is CN(CC(=O)NC[C@@H]1COc2ccccc2O1)S(=O)(=O)c1ccc2c(c1)c(=O)n(C)c(=O)n2C. The first-order valence-corrected chi connectivity index (χ1v) is 11.8. The summed E-state index contributed by atoms with van der Waals surface area (Å²) < 4.78 is 40.5. The van der Waals surface area contributed by atoms with Crippen LogP contribution in [0.3, 0.4) is 0 Å². The smallest absolute Gasteiger partial charge is 0.330 e. The maximum atomic E-state index is 13.0. The van der Waals surface area contributed by atoms with E-state index in [-0.39, 0.29) is 23.4 Å². The number of hydrogen-bond donors (Lipinski definition) is 1. The van der Waals surface area contributed by atoms with Crippen molar-refractivity contribution < 1.29 is 22.7 Å². The average Bonchev–Trinajstić information content (AvgIpc) is 2.84. The Bertz CT molecular complexity index is 1490. The van der Waals surface area contributed by atoms with Crippen LogP contribution in [0.2, 0.25) is 0 Å². The quantitative estimate of drug-likeness (QED) is 0.509. The highest BCUT2D eigenvalue weighted by Gasteiger charge is 2.26. The lowest BCUT2D eigenvalue weighted by Gasteiger charge is -2.26. The Hall–Kier alpha value is -3.64. The minimum absolute atomic E-state index is 0.0817. The van der Waals surface area contributed by atoms with Crippen molar-refractivity contribution in [2.75, 3.05) is 26.7 Å². The molecule has 1 atom stereocenters. The number of para-hydroxylation sites is 2. The summed E-state index contributed by atoms with van der Waals surface area (Å²) in [6, 6.07) is 11.1. The molecule has 11 nitrogen and oxygen atoms in total. The number of hydrogen-bond acceptors (Lipinski definition) is 7. The molecule has 0 bridgehead atoms. The van der Waals surface area contributed by atoms with Crippen LogP contribution in [0.1, 0.15) is 0 Å². The minimum Gasteiger partial charge on any atom is -0.486 e. The fraction of sp³-hybridized carbons (Fsp3) is 0.318. The number of amides is 1. The number of nitrogens with zero attached hydrogens (tertiary/aromatic N) is 3. The molecular formula is C22H24N4O7S. The summed E-state index contributed by atoms with van der Waals surface area (Å²) >= 11 is 0. The number of sulfonamides is 1. The predicted molar refractivity (Wildman–Crippen MR) is 124 cm³/mol. The van der Waals surface area contributed by atoms with Gasteiger partial charge < -0.3 is 14.8 Å². The van der Waals surface area contributed by atoms with Gasteiger partial charge in [0.15, 0.2) is 11.5 Å². The molecule has 1 N–H and O–H groups in total. The van der Waals surface area contributed by atoms with Crippen LogP contribution in [0.5, 0.6) is 11.5 Å². The second-order valence-electron chi connectivity index (χ2n) is 7.95. The molecule has 1 amide bonds. The summed E-state index contributed by atoms with van der Waals surface area (Å²) in [5.74, 6) is 0.682. The molecule has 0 fully saturated rings. The van der Waals surface area contributed by atoms with Crippen molar-refractivity contribution in [3.63, 3.8) is 0 Å². The molecule has 4 rings (SSSR count). The van der Waals surface area contributed by atoms with Crippen molar-refractivity contribution in [3.05, 3.63) is 63.3 Å². The first-order chi connectivity index (χ1) is 16.1. The van der Waals surface area contributed by atoms with Gasteiger partial charge >= 0.3 is 5.69 Å². The van der Waals surface area contributed by atoms with Gasteiger partial charge in [-0.2, -0.15) is 4.31 Å². The van der Waals surface area contributed by atoms with E-state index in [0.717, 1.165) is 8.87 Å². The first-order valence-electron chi connectivity index (χ1n) is 10.4. The highest BCUT2D eigenvalue weighted by Crippen LogP contribution is 2.30. The monoisotopic (exact) mass is 488 g/mol. The van der Waals surface area contributed by atoms with Crippen molar-refractivity contribution in [3.8, 4) is 11.5 Å². The van der Waals surface area contributed by atoms with E-state index in [0.29, 0.717) is 17.0 Å². The van der Waals surface area contributed by atoms with E-state index in [1.807, 2.05) is 12.1 Å². The predicted octanol–water partition coefficient (Wildman–Crippen LogP) is -0.186. The van der Waals surface area contributed by atoms with Gasteiger partial charge in [-0.15, -0.1) is 0 Å². The molecule has 12 heteroatoms. The third kappa shape index (κ3) is 4.29. The van der Waals surface area contributed by atoms with Gasteiger partial charge in [0.1, 0.15) is 12.7 Å². The number of likely N-dealkylation sites (N-methyl/N-ethyl adjacent to an activating group) is 1. The third-order valence-electron chi connectivity index (χ3n) is 5.61. The normalized spacial score (nSPS) is 15.5.